The molecule has 1 atom stereocenters. The number of nitro benzene ring substituents is 1. The fourth-order valence-corrected chi connectivity index (χ4v) is 3.15. The summed E-state index contributed by atoms with van der Waals surface area (Å²) in [4.78, 5) is 34.5. The van der Waals surface area contributed by atoms with Gasteiger partial charge in [0.25, 0.3) is 11.6 Å². The van der Waals surface area contributed by atoms with Crippen LogP contribution >= 0.6 is 0 Å². The quantitative estimate of drug-likeness (QED) is 0.506. The van der Waals surface area contributed by atoms with Crippen molar-refractivity contribution >= 4 is 17.6 Å². The Morgan fingerprint density at radius 3 is 2.69 bits per heavy atom. The van der Waals surface area contributed by atoms with Gasteiger partial charge in [0.1, 0.15) is 5.56 Å². The number of amides is 1. The lowest BCUT2D eigenvalue weighted by molar-refractivity contribution is -0.385. The summed E-state index contributed by atoms with van der Waals surface area (Å²) in [5.74, 6) is -1.32. The molecule has 1 unspecified atom stereocenters. The highest BCUT2D eigenvalue weighted by Gasteiger charge is 2.24. The maximum Gasteiger partial charge on any atom is 0.345 e. The number of nitrogens with zero attached hydrogens (tertiary/aromatic N) is 1. The molecule has 1 aliphatic rings. The number of carbonyl (C=O) groups excluding carboxylic acids is 2. The van der Waals surface area contributed by atoms with E-state index in [0.29, 0.717) is 0 Å². The number of nitrogens with one attached hydrogen (secondary N) is 1. The van der Waals surface area contributed by atoms with Crippen LogP contribution in [0, 0.1) is 10.1 Å². The molecule has 0 fully saturated rings. The van der Waals surface area contributed by atoms with Gasteiger partial charge in [-0.15, -0.1) is 0 Å². The summed E-state index contributed by atoms with van der Waals surface area (Å²) >= 11 is 0. The van der Waals surface area contributed by atoms with Crippen LogP contribution in [0.3, 0.4) is 0 Å². The van der Waals surface area contributed by atoms with Gasteiger partial charge in [0, 0.05) is 6.07 Å². The summed E-state index contributed by atoms with van der Waals surface area (Å²) in [6, 6.07) is 13.3. The Kier molecular flexibility index (Phi) is 5.26. The van der Waals surface area contributed by atoms with Gasteiger partial charge in [-0.2, -0.15) is 0 Å². The van der Waals surface area contributed by atoms with Crippen molar-refractivity contribution in [3.63, 3.8) is 0 Å². The molecule has 1 aliphatic carbocycles. The van der Waals surface area contributed by atoms with E-state index in [0.717, 1.165) is 24.8 Å². The first-order valence-electron chi connectivity index (χ1n) is 8.34. The molecule has 0 saturated carbocycles. The molecule has 3 rings (SSSR count). The highest BCUT2D eigenvalue weighted by molar-refractivity contribution is 5.95. The number of aryl methyl sites for hydroxylation is 1. The number of hydrogen-bond donors (Lipinski definition) is 1. The third-order valence-corrected chi connectivity index (χ3v) is 4.36. The first-order valence-corrected chi connectivity index (χ1v) is 8.34. The van der Waals surface area contributed by atoms with Crippen molar-refractivity contribution in [2.45, 2.75) is 25.3 Å². The average molecular weight is 354 g/mol. The molecule has 0 spiro atoms. The minimum atomic E-state index is -0.892. The predicted octanol–water partition coefficient (Wildman–Crippen LogP) is 2.95. The van der Waals surface area contributed by atoms with E-state index in [-0.39, 0.29) is 17.3 Å². The first kappa shape index (κ1) is 17.6. The van der Waals surface area contributed by atoms with Gasteiger partial charge in [0.15, 0.2) is 6.61 Å². The molecule has 0 heterocycles. The van der Waals surface area contributed by atoms with Crippen LogP contribution in [-0.2, 0) is 16.0 Å². The topological polar surface area (TPSA) is 98.5 Å². The Labute approximate surface area is 150 Å². The van der Waals surface area contributed by atoms with Gasteiger partial charge < -0.3 is 10.1 Å². The molecule has 1 amide bonds. The number of fused-ring (bicyclic) bond motifs is 1. The largest absolute Gasteiger partial charge is 0.452 e. The zero-order valence-electron chi connectivity index (χ0n) is 14.0. The van der Waals surface area contributed by atoms with Gasteiger partial charge in [0.05, 0.1) is 11.0 Å². The van der Waals surface area contributed by atoms with Gasteiger partial charge >= 0.3 is 5.97 Å². The molecule has 7 heteroatoms. The summed E-state index contributed by atoms with van der Waals surface area (Å²) in [6.07, 6.45) is 2.77. The fraction of sp³-hybridized carbons (Fsp3) is 0.263. The molecule has 0 radical (unpaired) electrons. The highest BCUT2D eigenvalue weighted by Crippen LogP contribution is 2.29. The van der Waals surface area contributed by atoms with E-state index in [2.05, 4.69) is 5.32 Å². The summed E-state index contributed by atoms with van der Waals surface area (Å²) in [6.45, 7) is -0.483. The average Bonchev–Trinajstić information content (AvgIpc) is 2.66. The smallest absolute Gasteiger partial charge is 0.345 e. The van der Waals surface area contributed by atoms with Crippen LogP contribution in [0.5, 0.6) is 0 Å². The minimum absolute atomic E-state index is 0.114. The summed E-state index contributed by atoms with van der Waals surface area (Å²) in [5.41, 5.74) is 1.77. The third kappa shape index (κ3) is 3.88. The zero-order valence-corrected chi connectivity index (χ0v) is 14.0. The summed E-state index contributed by atoms with van der Waals surface area (Å²) in [5, 5.41) is 13.8. The summed E-state index contributed by atoms with van der Waals surface area (Å²) < 4.78 is 4.95. The first-order chi connectivity index (χ1) is 12.6. The number of rotatable bonds is 5. The van der Waals surface area contributed by atoms with Crippen LogP contribution in [0.4, 0.5) is 5.69 Å². The lowest BCUT2D eigenvalue weighted by atomic mass is 9.88. The van der Waals surface area contributed by atoms with Crippen molar-refractivity contribution in [1.82, 2.24) is 5.32 Å². The molecule has 1 N–H and O–H groups in total. The lowest BCUT2D eigenvalue weighted by Gasteiger charge is -2.26. The van der Waals surface area contributed by atoms with Gasteiger partial charge in [-0.25, -0.2) is 4.79 Å². The number of carbonyl (C=O) groups is 2. The van der Waals surface area contributed by atoms with Crippen LogP contribution in [0.2, 0.25) is 0 Å². The number of hydrogen-bond acceptors (Lipinski definition) is 5. The van der Waals surface area contributed by atoms with E-state index in [1.54, 1.807) is 0 Å². The molecule has 2 aromatic carbocycles. The Hall–Kier alpha value is -3.22. The van der Waals surface area contributed by atoms with E-state index in [1.165, 1.54) is 29.8 Å². The van der Waals surface area contributed by atoms with E-state index in [1.807, 2.05) is 24.3 Å². The fourth-order valence-electron chi connectivity index (χ4n) is 3.15. The monoisotopic (exact) mass is 354 g/mol. The van der Waals surface area contributed by atoms with Crippen molar-refractivity contribution < 1.29 is 19.2 Å². The minimum Gasteiger partial charge on any atom is -0.452 e. The Morgan fingerprint density at radius 2 is 1.88 bits per heavy atom. The number of para-hydroxylation sites is 1. The number of esters is 1. The Morgan fingerprint density at radius 1 is 1.15 bits per heavy atom. The second-order valence-electron chi connectivity index (χ2n) is 6.06. The molecule has 0 aliphatic heterocycles. The molecule has 0 aromatic heterocycles. The molecular weight excluding hydrogens is 336 g/mol. The zero-order chi connectivity index (χ0) is 18.5. The molecule has 0 saturated heterocycles. The van der Waals surface area contributed by atoms with Crippen LogP contribution in [0.15, 0.2) is 48.5 Å². The van der Waals surface area contributed by atoms with Crippen LogP contribution < -0.4 is 5.32 Å². The number of nitro groups is 1. The van der Waals surface area contributed by atoms with Crippen LogP contribution in [0.1, 0.15) is 40.4 Å². The van der Waals surface area contributed by atoms with E-state index < -0.39 is 23.4 Å². The molecular formula is C19H18N2O5. The predicted molar refractivity (Wildman–Crippen MR) is 93.6 cm³/mol. The molecule has 2 aromatic rings. The number of ether oxygens (including phenoxy) is 1. The van der Waals surface area contributed by atoms with Crippen molar-refractivity contribution in [1.29, 1.82) is 0 Å². The maximum absolute atomic E-state index is 12.2. The maximum atomic E-state index is 12.2. The second kappa shape index (κ2) is 7.77. The molecule has 7 nitrogen and oxygen atoms in total. The Balaban J connectivity index is 1.60. The van der Waals surface area contributed by atoms with E-state index >= 15 is 0 Å². The van der Waals surface area contributed by atoms with Crippen LogP contribution in [0.25, 0.3) is 0 Å². The van der Waals surface area contributed by atoms with Crippen molar-refractivity contribution in [3.05, 3.63) is 75.3 Å². The van der Waals surface area contributed by atoms with Gasteiger partial charge in [-0.1, -0.05) is 36.4 Å². The third-order valence-electron chi connectivity index (χ3n) is 4.36. The molecule has 26 heavy (non-hydrogen) atoms. The van der Waals surface area contributed by atoms with E-state index in [4.69, 9.17) is 4.74 Å². The van der Waals surface area contributed by atoms with Gasteiger partial charge in [0.2, 0.25) is 0 Å². The normalized spacial score (nSPS) is 15.6. The number of benzene rings is 2. The van der Waals surface area contributed by atoms with Crippen LogP contribution in [-0.4, -0.2) is 23.4 Å². The molecule has 134 valence electrons. The Bertz CT molecular complexity index is 849. The second-order valence-corrected chi connectivity index (χ2v) is 6.06. The lowest BCUT2D eigenvalue weighted by Crippen LogP contribution is -2.34. The van der Waals surface area contributed by atoms with Gasteiger partial charge in [-0.3, -0.25) is 14.9 Å². The highest BCUT2D eigenvalue weighted by atomic mass is 16.6. The SMILES string of the molecule is O=C(COC(=O)c1ccccc1[N+](=O)[O-])NC1CCCc2ccccc21. The standard InChI is InChI=1S/C19H18N2O5/c22-18(20-16-10-5-7-13-6-1-2-8-14(13)16)12-26-19(23)15-9-3-4-11-17(15)21(24)25/h1-4,6,8-9,11,16H,5,7,10,12H2,(H,20,22). The van der Waals surface area contributed by atoms with Crippen molar-refractivity contribution in [2.75, 3.05) is 6.61 Å². The molecule has 0 bridgehead atoms. The summed E-state index contributed by atoms with van der Waals surface area (Å²) in [7, 11) is 0. The van der Waals surface area contributed by atoms with Gasteiger partial charge in [-0.05, 0) is 36.5 Å². The van der Waals surface area contributed by atoms with E-state index in [9.17, 15) is 19.7 Å². The van der Waals surface area contributed by atoms with Crippen molar-refractivity contribution in [3.8, 4) is 0 Å². The van der Waals surface area contributed by atoms with Crippen molar-refractivity contribution in [2.24, 2.45) is 0 Å².